The lowest BCUT2D eigenvalue weighted by molar-refractivity contribution is -0.0208. The summed E-state index contributed by atoms with van der Waals surface area (Å²) in [5.74, 6) is 1.13. The molecule has 1 aliphatic carbocycles. The van der Waals surface area contributed by atoms with Crippen molar-refractivity contribution in [3.63, 3.8) is 0 Å². The van der Waals surface area contributed by atoms with Crippen molar-refractivity contribution in [2.45, 2.75) is 44.1 Å². The second-order valence-electron chi connectivity index (χ2n) is 8.56. The number of methoxy groups -OCH3 is 1. The third kappa shape index (κ3) is 5.71. The maximum Gasteiger partial charge on any atom is 0.118 e. The summed E-state index contributed by atoms with van der Waals surface area (Å²) >= 11 is 0. The minimum absolute atomic E-state index is 0.270. The first-order valence-electron chi connectivity index (χ1n) is 10.8. The van der Waals surface area contributed by atoms with E-state index in [4.69, 9.17) is 4.74 Å². The van der Waals surface area contributed by atoms with Crippen molar-refractivity contribution in [3.8, 4) is 5.75 Å². The number of nitrogens with zero attached hydrogens (tertiary/aromatic N) is 1. The predicted octanol–water partition coefficient (Wildman–Crippen LogP) is 5.19. The average molecular weight is 394 g/mol. The maximum absolute atomic E-state index is 12.0. The van der Waals surface area contributed by atoms with E-state index in [2.05, 4.69) is 67.5 Å². The van der Waals surface area contributed by atoms with E-state index >= 15 is 0 Å². The molecular formula is C26H35NO2. The molecule has 0 bridgehead atoms. The highest BCUT2D eigenvalue weighted by Gasteiger charge is 2.42. The molecule has 3 heteroatoms. The molecule has 3 nitrogen and oxygen atoms in total. The smallest absolute Gasteiger partial charge is 0.118 e. The minimum atomic E-state index is -0.739. The standard InChI is InChI=1S/C26H35NO2/c1-27(2)20-24-13-7-12-23(19-22-14-16-25(29-3)17-15-22)26(24,28)18-8-11-21-9-5-4-6-10-21/h4-6,9-10,14-17,19,24,28H,7-8,11-13,18,20H2,1-3H3/b23-19+. The number of benzene rings is 2. The number of aliphatic hydroxyl groups is 1. The van der Waals surface area contributed by atoms with Crippen molar-refractivity contribution in [2.24, 2.45) is 5.92 Å². The van der Waals surface area contributed by atoms with Crippen LogP contribution in [0.25, 0.3) is 6.08 Å². The molecule has 1 N–H and O–H groups in total. The Hall–Kier alpha value is -2.10. The van der Waals surface area contributed by atoms with Gasteiger partial charge in [0, 0.05) is 12.5 Å². The third-order valence-electron chi connectivity index (χ3n) is 6.14. The summed E-state index contributed by atoms with van der Waals surface area (Å²) in [5.41, 5.74) is 2.93. The van der Waals surface area contributed by atoms with E-state index in [-0.39, 0.29) is 5.92 Å². The lowest BCUT2D eigenvalue weighted by atomic mass is 9.68. The van der Waals surface area contributed by atoms with Gasteiger partial charge in [-0.05, 0) is 81.5 Å². The summed E-state index contributed by atoms with van der Waals surface area (Å²) in [6.07, 6.45) is 8.21. The molecule has 0 spiro atoms. The molecule has 2 unspecified atom stereocenters. The summed E-state index contributed by atoms with van der Waals surface area (Å²) in [7, 11) is 5.89. The third-order valence-corrected chi connectivity index (χ3v) is 6.14. The predicted molar refractivity (Wildman–Crippen MR) is 121 cm³/mol. The molecule has 2 aromatic rings. The topological polar surface area (TPSA) is 32.7 Å². The van der Waals surface area contributed by atoms with Gasteiger partial charge in [0.25, 0.3) is 0 Å². The molecule has 0 heterocycles. The molecule has 0 saturated heterocycles. The fourth-order valence-electron chi connectivity index (χ4n) is 4.61. The van der Waals surface area contributed by atoms with Crippen LogP contribution >= 0.6 is 0 Å². The summed E-state index contributed by atoms with van der Waals surface area (Å²) < 4.78 is 5.28. The summed E-state index contributed by atoms with van der Waals surface area (Å²) in [4.78, 5) is 2.21. The van der Waals surface area contributed by atoms with Crippen LogP contribution in [-0.2, 0) is 6.42 Å². The van der Waals surface area contributed by atoms with Crippen LogP contribution in [0.4, 0.5) is 0 Å². The molecule has 0 aromatic heterocycles. The SMILES string of the molecule is COc1ccc(/C=C2\CCCC(CN(C)C)C2(O)CCCc2ccccc2)cc1. The Balaban J connectivity index is 1.81. The zero-order valence-corrected chi connectivity index (χ0v) is 18.1. The molecule has 156 valence electrons. The van der Waals surface area contributed by atoms with E-state index in [0.29, 0.717) is 0 Å². The lowest BCUT2D eigenvalue weighted by Crippen LogP contribution is -2.47. The number of aryl methyl sites for hydroxylation is 1. The van der Waals surface area contributed by atoms with Crippen LogP contribution < -0.4 is 4.74 Å². The first-order valence-corrected chi connectivity index (χ1v) is 10.8. The Morgan fingerprint density at radius 1 is 1.10 bits per heavy atom. The van der Waals surface area contributed by atoms with Crippen molar-refractivity contribution in [2.75, 3.05) is 27.7 Å². The van der Waals surface area contributed by atoms with Gasteiger partial charge < -0.3 is 14.7 Å². The Labute approximate surface area is 176 Å². The quantitative estimate of drug-likeness (QED) is 0.669. The normalized spacial score (nSPS) is 23.5. The first kappa shape index (κ1) is 21.6. The van der Waals surface area contributed by atoms with E-state index in [1.54, 1.807) is 7.11 Å². The largest absolute Gasteiger partial charge is 0.497 e. The van der Waals surface area contributed by atoms with Gasteiger partial charge in [-0.15, -0.1) is 0 Å². The zero-order chi connectivity index (χ0) is 20.7. The van der Waals surface area contributed by atoms with Gasteiger partial charge in [0.1, 0.15) is 5.75 Å². The average Bonchev–Trinajstić information content (AvgIpc) is 2.72. The fourth-order valence-corrected chi connectivity index (χ4v) is 4.61. The molecule has 2 aromatic carbocycles. The van der Waals surface area contributed by atoms with E-state index in [9.17, 15) is 5.11 Å². The van der Waals surface area contributed by atoms with Crippen molar-refractivity contribution < 1.29 is 9.84 Å². The molecule has 29 heavy (non-hydrogen) atoms. The second-order valence-corrected chi connectivity index (χ2v) is 8.56. The van der Waals surface area contributed by atoms with Gasteiger partial charge in [0.15, 0.2) is 0 Å². The molecule has 1 saturated carbocycles. The monoisotopic (exact) mass is 393 g/mol. The summed E-state index contributed by atoms with van der Waals surface area (Å²) in [6.45, 7) is 0.918. The Kier molecular flexibility index (Phi) is 7.51. The highest BCUT2D eigenvalue weighted by molar-refractivity contribution is 5.56. The number of rotatable bonds is 8. The van der Waals surface area contributed by atoms with Crippen LogP contribution in [0.15, 0.2) is 60.2 Å². The first-order chi connectivity index (χ1) is 14.0. The van der Waals surface area contributed by atoms with Gasteiger partial charge in [0.05, 0.1) is 12.7 Å². The fraction of sp³-hybridized carbons (Fsp3) is 0.462. The van der Waals surface area contributed by atoms with E-state index in [1.165, 1.54) is 11.1 Å². The maximum atomic E-state index is 12.0. The van der Waals surface area contributed by atoms with Gasteiger partial charge in [-0.3, -0.25) is 0 Å². The lowest BCUT2D eigenvalue weighted by Gasteiger charge is -2.43. The van der Waals surface area contributed by atoms with Crippen LogP contribution in [0.5, 0.6) is 5.75 Å². The molecule has 0 aliphatic heterocycles. The molecule has 1 fully saturated rings. The number of hydrogen-bond donors (Lipinski definition) is 1. The highest BCUT2D eigenvalue weighted by Crippen LogP contribution is 2.42. The Bertz CT molecular complexity index is 782. The van der Waals surface area contributed by atoms with Crippen LogP contribution in [0, 0.1) is 5.92 Å². The van der Waals surface area contributed by atoms with Crippen molar-refractivity contribution in [3.05, 3.63) is 71.3 Å². The molecule has 1 aliphatic rings. The van der Waals surface area contributed by atoms with E-state index < -0.39 is 5.60 Å². The Morgan fingerprint density at radius 2 is 1.83 bits per heavy atom. The van der Waals surface area contributed by atoms with E-state index in [0.717, 1.165) is 56.4 Å². The van der Waals surface area contributed by atoms with Crippen LogP contribution in [0.2, 0.25) is 0 Å². The van der Waals surface area contributed by atoms with E-state index in [1.807, 2.05) is 12.1 Å². The van der Waals surface area contributed by atoms with Gasteiger partial charge >= 0.3 is 0 Å². The van der Waals surface area contributed by atoms with Gasteiger partial charge in [-0.2, -0.15) is 0 Å². The van der Waals surface area contributed by atoms with Crippen molar-refractivity contribution in [1.82, 2.24) is 4.90 Å². The van der Waals surface area contributed by atoms with Crippen LogP contribution in [0.1, 0.15) is 43.2 Å². The van der Waals surface area contributed by atoms with Gasteiger partial charge in [-0.25, -0.2) is 0 Å². The molecule has 2 atom stereocenters. The zero-order valence-electron chi connectivity index (χ0n) is 18.1. The molecular weight excluding hydrogens is 358 g/mol. The van der Waals surface area contributed by atoms with Crippen molar-refractivity contribution in [1.29, 1.82) is 0 Å². The van der Waals surface area contributed by atoms with Crippen molar-refractivity contribution >= 4 is 6.08 Å². The second kappa shape index (κ2) is 10.1. The minimum Gasteiger partial charge on any atom is -0.497 e. The van der Waals surface area contributed by atoms with Gasteiger partial charge in [0.2, 0.25) is 0 Å². The molecule has 3 rings (SSSR count). The number of hydrogen-bond acceptors (Lipinski definition) is 3. The Morgan fingerprint density at radius 3 is 2.48 bits per heavy atom. The molecule has 0 amide bonds. The van der Waals surface area contributed by atoms with Crippen LogP contribution in [-0.4, -0.2) is 43.4 Å². The number of ether oxygens (including phenoxy) is 1. The summed E-state index contributed by atoms with van der Waals surface area (Å²) in [5, 5.41) is 12.0. The van der Waals surface area contributed by atoms with Gasteiger partial charge in [-0.1, -0.05) is 48.5 Å². The van der Waals surface area contributed by atoms with Crippen LogP contribution in [0.3, 0.4) is 0 Å². The summed E-state index contributed by atoms with van der Waals surface area (Å²) in [6, 6.07) is 18.7. The molecule has 0 radical (unpaired) electrons. The highest BCUT2D eigenvalue weighted by atomic mass is 16.5.